The molecule has 1 heterocycles. The van der Waals surface area contributed by atoms with Crippen LogP contribution in [0.4, 0.5) is 0 Å². The summed E-state index contributed by atoms with van der Waals surface area (Å²) in [6.45, 7) is 3.64. The van der Waals surface area contributed by atoms with Crippen molar-refractivity contribution in [2.75, 3.05) is 0 Å². The normalized spacial score (nSPS) is 31.4. The molecule has 0 unspecified atom stereocenters. The Bertz CT molecular complexity index is 979. The largest absolute Gasteiger partial charge is 0.513 e. The number of aliphatic hydroxyl groups is 7. The average molecular weight is 498 g/mol. The fourth-order valence-corrected chi connectivity index (χ4v) is 4.07. The number of carbonyl (C=O) groups excluding carboxylic acids is 2. The highest BCUT2D eigenvalue weighted by Gasteiger charge is 2.47. The van der Waals surface area contributed by atoms with Gasteiger partial charge in [0.15, 0.2) is 6.10 Å². The molecule has 0 radical (unpaired) electrons. The predicted octanol–water partition coefficient (Wildman–Crippen LogP) is 1.22. The van der Waals surface area contributed by atoms with Crippen LogP contribution in [0.2, 0.25) is 0 Å². The zero-order chi connectivity index (χ0) is 25.6. The van der Waals surface area contributed by atoms with Crippen molar-refractivity contribution in [3.63, 3.8) is 0 Å². The van der Waals surface area contributed by atoms with Gasteiger partial charge in [0, 0.05) is 24.6 Å². The molecule has 188 valence electrons. The minimum Gasteiger partial charge on any atom is -0.513 e. The van der Waals surface area contributed by atoms with E-state index in [1.165, 1.54) is 17.4 Å². The Kier molecular flexibility index (Phi) is 9.68. The highest BCUT2D eigenvalue weighted by atomic mass is 32.1. The van der Waals surface area contributed by atoms with Crippen LogP contribution >= 0.6 is 11.3 Å². The van der Waals surface area contributed by atoms with Gasteiger partial charge in [-0.3, -0.25) is 9.59 Å². The second kappa shape index (κ2) is 11.8. The smallest absolute Gasteiger partial charge is 0.254 e. The SMILES string of the molecule is C/C(=C/c1csc(C)n1)[C@H]1C/C=C(/O)CC/C=C(/O)[C@H](O)[C@@H](O)C(=O)C(O)(O)[C@@H](O)CC(=O)C1. The van der Waals surface area contributed by atoms with E-state index in [1.807, 2.05) is 12.3 Å². The molecular formula is C23H31NO9S. The van der Waals surface area contributed by atoms with Crippen molar-refractivity contribution in [2.45, 2.75) is 70.1 Å². The number of carbonyl (C=O) groups is 2. The fourth-order valence-electron chi connectivity index (χ4n) is 3.50. The first-order valence-corrected chi connectivity index (χ1v) is 11.6. The molecule has 0 bridgehead atoms. The molecule has 1 aliphatic carbocycles. The number of rotatable bonds is 2. The lowest BCUT2D eigenvalue weighted by Gasteiger charge is -2.29. The molecule has 1 aliphatic rings. The highest BCUT2D eigenvalue weighted by molar-refractivity contribution is 7.09. The molecule has 0 amide bonds. The first-order chi connectivity index (χ1) is 15.8. The van der Waals surface area contributed by atoms with E-state index < -0.39 is 53.8 Å². The molecule has 0 aromatic carbocycles. The van der Waals surface area contributed by atoms with E-state index in [9.17, 15) is 45.3 Å². The Morgan fingerprint density at radius 2 is 1.79 bits per heavy atom. The van der Waals surface area contributed by atoms with Crippen molar-refractivity contribution in [2.24, 2.45) is 5.92 Å². The van der Waals surface area contributed by atoms with Gasteiger partial charge in [0.2, 0.25) is 5.78 Å². The van der Waals surface area contributed by atoms with Gasteiger partial charge in [0.25, 0.3) is 5.79 Å². The number of hydrogen-bond donors (Lipinski definition) is 7. The van der Waals surface area contributed by atoms with Crippen LogP contribution in [0, 0.1) is 12.8 Å². The molecule has 0 spiro atoms. The first kappa shape index (κ1) is 27.8. The lowest BCUT2D eigenvalue weighted by Crippen LogP contribution is -2.57. The van der Waals surface area contributed by atoms with Crippen molar-refractivity contribution in [1.29, 1.82) is 0 Å². The Morgan fingerprint density at radius 3 is 2.41 bits per heavy atom. The van der Waals surface area contributed by atoms with Crippen LogP contribution in [0.25, 0.3) is 6.08 Å². The maximum Gasteiger partial charge on any atom is 0.254 e. The summed E-state index contributed by atoms with van der Waals surface area (Å²) in [6.07, 6.45) is -3.18. The van der Waals surface area contributed by atoms with Crippen LogP contribution in [0.1, 0.15) is 49.7 Å². The summed E-state index contributed by atoms with van der Waals surface area (Å²) in [7, 11) is 0. The Hall–Kier alpha value is -2.41. The quantitative estimate of drug-likeness (QED) is 0.293. The van der Waals surface area contributed by atoms with Crippen molar-refractivity contribution < 1.29 is 45.3 Å². The van der Waals surface area contributed by atoms with Crippen LogP contribution in [0.15, 0.2) is 34.6 Å². The number of aromatic nitrogens is 1. The Balaban J connectivity index is 2.37. The minimum atomic E-state index is -3.54. The van der Waals surface area contributed by atoms with Crippen molar-refractivity contribution in [3.05, 3.63) is 45.3 Å². The zero-order valence-corrected chi connectivity index (χ0v) is 19.8. The second-order valence-corrected chi connectivity index (χ2v) is 9.48. The number of aryl methyl sites for hydroxylation is 1. The third kappa shape index (κ3) is 7.29. The summed E-state index contributed by atoms with van der Waals surface area (Å²) < 4.78 is 0. The molecule has 1 aromatic rings. The van der Waals surface area contributed by atoms with Gasteiger partial charge in [0.05, 0.1) is 16.5 Å². The molecule has 0 aliphatic heterocycles. The standard InChI is InChI=1S/C23H31NO9S/c1-12(8-15-11-34-13(2)24-15)14-6-7-16(25)4-3-5-18(27)20(29)21(30)22(31)23(32,33)19(28)10-17(26)9-14/h5,7-8,11,14,19-21,25,27-30,32-33H,3-4,6,9-10H2,1-2H3/b12-8-,16-7+,18-5+/t14-,19-,20-,21+/m0/s1. The molecule has 11 heteroatoms. The van der Waals surface area contributed by atoms with E-state index in [4.69, 9.17) is 0 Å². The Morgan fingerprint density at radius 1 is 1.12 bits per heavy atom. The van der Waals surface area contributed by atoms with E-state index in [-0.39, 0.29) is 31.4 Å². The third-order valence-corrected chi connectivity index (χ3v) is 6.43. The Labute approximate surface area is 200 Å². The van der Waals surface area contributed by atoms with Crippen LogP contribution < -0.4 is 0 Å². The number of thiazole rings is 1. The van der Waals surface area contributed by atoms with Crippen LogP contribution in [0.5, 0.6) is 0 Å². The average Bonchev–Trinajstić information content (AvgIpc) is 3.18. The van der Waals surface area contributed by atoms with E-state index in [0.717, 1.165) is 16.7 Å². The number of ketones is 2. The predicted molar refractivity (Wildman–Crippen MR) is 124 cm³/mol. The molecule has 2 rings (SSSR count). The van der Waals surface area contributed by atoms with E-state index in [2.05, 4.69) is 4.98 Å². The summed E-state index contributed by atoms with van der Waals surface area (Å²) in [5, 5.41) is 73.1. The molecule has 10 nitrogen and oxygen atoms in total. The van der Waals surface area contributed by atoms with Gasteiger partial charge in [-0.25, -0.2) is 4.98 Å². The molecular weight excluding hydrogens is 466 g/mol. The van der Waals surface area contributed by atoms with E-state index >= 15 is 0 Å². The number of hydrogen-bond acceptors (Lipinski definition) is 11. The van der Waals surface area contributed by atoms with Crippen LogP contribution in [-0.4, -0.2) is 76.4 Å². The molecule has 34 heavy (non-hydrogen) atoms. The lowest BCUT2D eigenvalue weighted by molar-refractivity contribution is -0.228. The third-order valence-electron chi connectivity index (χ3n) is 5.64. The van der Waals surface area contributed by atoms with Gasteiger partial charge in [-0.1, -0.05) is 5.57 Å². The van der Waals surface area contributed by atoms with Gasteiger partial charge >= 0.3 is 0 Å². The number of Topliss-reactive ketones (excluding diaryl/α,β-unsaturated/α-hetero) is 2. The van der Waals surface area contributed by atoms with Gasteiger partial charge in [-0.15, -0.1) is 11.3 Å². The first-order valence-electron chi connectivity index (χ1n) is 10.7. The summed E-state index contributed by atoms with van der Waals surface area (Å²) in [4.78, 5) is 29.3. The maximum absolute atomic E-state index is 12.7. The summed E-state index contributed by atoms with van der Waals surface area (Å²) in [5.41, 5.74) is 1.47. The molecule has 7 N–H and O–H groups in total. The van der Waals surface area contributed by atoms with Crippen molar-refractivity contribution in [1.82, 2.24) is 4.98 Å². The molecule has 4 atom stereocenters. The van der Waals surface area contributed by atoms with Crippen molar-refractivity contribution in [3.8, 4) is 0 Å². The zero-order valence-electron chi connectivity index (χ0n) is 19.0. The number of allylic oxidation sites excluding steroid dienone is 4. The summed E-state index contributed by atoms with van der Waals surface area (Å²) in [5.74, 6) is -7.18. The van der Waals surface area contributed by atoms with Crippen LogP contribution in [-0.2, 0) is 9.59 Å². The van der Waals surface area contributed by atoms with E-state index in [1.54, 1.807) is 13.0 Å². The number of aliphatic hydroxyl groups excluding tert-OH is 5. The minimum absolute atomic E-state index is 0.0261. The van der Waals surface area contributed by atoms with Gasteiger partial charge in [0.1, 0.15) is 23.8 Å². The van der Waals surface area contributed by atoms with Gasteiger partial charge < -0.3 is 35.7 Å². The molecule has 0 saturated carbocycles. The van der Waals surface area contributed by atoms with Crippen molar-refractivity contribution >= 4 is 29.0 Å². The highest BCUT2D eigenvalue weighted by Crippen LogP contribution is 2.27. The molecule has 0 saturated heterocycles. The summed E-state index contributed by atoms with van der Waals surface area (Å²) >= 11 is 1.46. The fraction of sp³-hybridized carbons (Fsp3) is 0.522. The lowest BCUT2D eigenvalue weighted by atomic mass is 9.87. The topological polar surface area (TPSA) is 189 Å². The molecule has 0 fully saturated rings. The number of nitrogens with zero attached hydrogens (tertiary/aromatic N) is 1. The maximum atomic E-state index is 12.7. The molecule has 1 aromatic heterocycles. The van der Waals surface area contributed by atoms with Crippen LogP contribution in [0.3, 0.4) is 0 Å². The van der Waals surface area contributed by atoms with E-state index in [0.29, 0.717) is 5.69 Å². The summed E-state index contributed by atoms with van der Waals surface area (Å²) in [6, 6.07) is 0. The second-order valence-electron chi connectivity index (χ2n) is 8.42. The van der Waals surface area contributed by atoms with Gasteiger partial charge in [-0.05, 0) is 50.8 Å². The monoisotopic (exact) mass is 497 g/mol. The van der Waals surface area contributed by atoms with Gasteiger partial charge in [-0.2, -0.15) is 0 Å².